The molecule has 0 N–H and O–H groups in total. The van der Waals surface area contributed by atoms with Crippen molar-refractivity contribution in [2.45, 2.75) is 34.6 Å². The van der Waals surface area contributed by atoms with Crippen LogP contribution in [-0.4, -0.2) is 5.97 Å². The largest absolute Gasteiger partial charge is 0.422 e. The molecule has 0 fully saturated rings. The van der Waals surface area contributed by atoms with Gasteiger partial charge in [0.05, 0.1) is 5.56 Å². The fourth-order valence-electron chi connectivity index (χ4n) is 3.49. The second kappa shape index (κ2) is 6.12. The lowest BCUT2D eigenvalue weighted by atomic mass is 9.99. The summed E-state index contributed by atoms with van der Waals surface area (Å²) in [5.41, 5.74) is 5.87. The van der Waals surface area contributed by atoms with Gasteiger partial charge in [-0.05, 0) is 62.3 Å². The first-order valence-corrected chi connectivity index (χ1v) is 8.17. The second-order valence-corrected chi connectivity index (χ2v) is 6.55. The topological polar surface area (TPSA) is 26.3 Å². The van der Waals surface area contributed by atoms with Crippen LogP contribution in [0.5, 0.6) is 5.75 Å². The predicted molar refractivity (Wildman–Crippen MR) is 99.0 cm³/mol. The highest BCUT2D eigenvalue weighted by atomic mass is 16.5. The molecular weight excluding hydrogens is 296 g/mol. The van der Waals surface area contributed by atoms with Gasteiger partial charge in [0.25, 0.3) is 0 Å². The summed E-state index contributed by atoms with van der Waals surface area (Å²) < 4.78 is 5.86. The third kappa shape index (κ3) is 2.80. The lowest BCUT2D eigenvalue weighted by Crippen LogP contribution is -2.13. The highest BCUT2D eigenvalue weighted by molar-refractivity contribution is 5.98. The number of carbonyl (C=O) groups is 1. The number of benzene rings is 3. The van der Waals surface area contributed by atoms with Crippen molar-refractivity contribution in [3.63, 3.8) is 0 Å². The second-order valence-electron chi connectivity index (χ2n) is 6.55. The summed E-state index contributed by atoms with van der Waals surface area (Å²) in [6.07, 6.45) is 0. The van der Waals surface area contributed by atoms with Crippen molar-refractivity contribution in [3.8, 4) is 5.75 Å². The average Bonchev–Trinajstić information content (AvgIpc) is 2.50. The zero-order valence-electron chi connectivity index (χ0n) is 14.9. The van der Waals surface area contributed by atoms with Crippen molar-refractivity contribution in [2.24, 2.45) is 0 Å². The third-order valence-electron chi connectivity index (χ3n) is 4.46. The van der Waals surface area contributed by atoms with E-state index >= 15 is 0 Å². The van der Waals surface area contributed by atoms with E-state index < -0.39 is 0 Å². The van der Waals surface area contributed by atoms with Gasteiger partial charge >= 0.3 is 5.97 Å². The molecule has 0 aliphatic heterocycles. The maximum absolute atomic E-state index is 12.8. The first-order valence-electron chi connectivity index (χ1n) is 8.17. The van der Waals surface area contributed by atoms with Crippen LogP contribution in [-0.2, 0) is 0 Å². The van der Waals surface area contributed by atoms with Gasteiger partial charge in [-0.25, -0.2) is 4.79 Å². The van der Waals surface area contributed by atoms with Gasteiger partial charge in [0.2, 0.25) is 0 Å². The lowest BCUT2D eigenvalue weighted by Gasteiger charge is -2.15. The van der Waals surface area contributed by atoms with Gasteiger partial charge in [-0.1, -0.05) is 48.0 Å². The van der Waals surface area contributed by atoms with Crippen LogP contribution in [0.1, 0.15) is 38.2 Å². The summed E-state index contributed by atoms with van der Waals surface area (Å²) in [5, 5.41) is 2.09. The van der Waals surface area contributed by atoms with Crippen LogP contribution < -0.4 is 4.74 Å². The van der Waals surface area contributed by atoms with Gasteiger partial charge in [0.15, 0.2) is 0 Å². The van der Waals surface area contributed by atoms with E-state index in [9.17, 15) is 4.79 Å². The van der Waals surface area contributed by atoms with Crippen molar-refractivity contribution in [2.75, 3.05) is 0 Å². The number of hydrogen-bond acceptors (Lipinski definition) is 2. The average molecular weight is 318 g/mol. The number of carbonyl (C=O) groups excluding carboxylic acids is 1. The van der Waals surface area contributed by atoms with Gasteiger partial charge in [0.1, 0.15) is 5.75 Å². The molecule has 0 atom stereocenters. The molecule has 24 heavy (non-hydrogen) atoms. The summed E-state index contributed by atoms with van der Waals surface area (Å²) in [5.74, 6) is 0.364. The molecule has 0 aliphatic carbocycles. The van der Waals surface area contributed by atoms with Crippen LogP contribution >= 0.6 is 0 Å². The molecule has 2 nitrogen and oxygen atoms in total. The highest BCUT2D eigenvalue weighted by Crippen LogP contribution is 2.33. The Bertz CT molecular complexity index is 929. The number of hydrogen-bond donors (Lipinski definition) is 0. The minimum Gasteiger partial charge on any atom is -0.422 e. The normalized spacial score (nSPS) is 10.9. The van der Waals surface area contributed by atoms with Crippen molar-refractivity contribution in [1.29, 1.82) is 0 Å². The molecule has 0 aliphatic rings. The Morgan fingerprint density at radius 1 is 0.750 bits per heavy atom. The number of rotatable bonds is 2. The number of aryl methyl sites for hydroxylation is 5. The molecule has 0 bridgehead atoms. The Morgan fingerprint density at radius 2 is 1.33 bits per heavy atom. The Labute approximate surface area is 143 Å². The standard InChI is InChI=1S/C22H22O2/c1-13-10-15(3)20(16(4)11-13)22(23)24-21-17(5)12-14(2)18-8-6-7-9-19(18)21/h6-12H,1-5H3. The number of esters is 1. The highest BCUT2D eigenvalue weighted by Gasteiger charge is 2.18. The Balaban J connectivity index is 2.10. The minimum absolute atomic E-state index is 0.290. The lowest BCUT2D eigenvalue weighted by molar-refractivity contribution is 0.0734. The minimum atomic E-state index is -0.290. The van der Waals surface area contributed by atoms with Crippen LogP contribution in [0.25, 0.3) is 10.8 Å². The fourth-order valence-corrected chi connectivity index (χ4v) is 3.49. The number of ether oxygens (including phenoxy) is 1. The molecule has 0 amide bonds. The number of fused-ring (bicyclic) bond motifs is 1. The van der Waals surface area contributed by atoms with E-state index in [0.717, 1.165) is 33.0 Å². The van der Waals surface area contributed by atoms with Crippen molar-refractivity contribution in [1.82, 2.24) is 0 Å². The van der Waals surface area contributed by atoms with Gasteiger partial charge in [-0.15, -0.1) is 0 Å². The van der Waals surface area contributed by atoms with E-state index in [-0.39, 0.29) is 5.97 Å². The van der Waals surface area contributed by atoms with E-state index in [2.05, 4.69) is 19.1 Å². The molecule has 0 radical (unpaired) electrons. The van der Waals surface area contributed by atoms with Crippen LogP contribution in [0.3, 0.4) is 0 Å². The Morgan fingerprint density at radius 3 is 1.96 bits per heavy atom. The zero-order valence-corrected chi connectivity index (χ0v) is 14.9. The Hall–Kier alpha value is -2.61. The summed E-state index contributed by atoms with van der Waals surface area (Å²) in [6.45, 7) is 10.0. The van der Waals surface area contributed by atoms with Crippen LogP contribution in [0, 0.1) is 34.6 Å². The molecule has 3 aromatic carbocycles. The van der Waals surface area contributed by atoms with E-state index in [4.69, 9.17) is 4.74 Å². The van der Waals surface area contributed by atoms with Crippen LogP contribution in [0.15, 0.2) is 42.5 Å². The van der Waals surface area contributed by atoms with Gasteiger partial charge in [-0.3, -0.25) is 0 Å². The van der Waals surface area contributed by atoms with Gasteiger partial charge < -0.3 is 4.74 Å². The molecule has 3 aromatic rings. The SMILES string of the molecule is Cc1cc(C)c(C(=O)Oc2c(C)cc(C)c3ccccc23)c(C)c1. The monoisotopic (exact) mass is 318 g/mol. The van der Waals surface area contributed by atoms with Crippen LogP contribution in [0.2, 0.25) is 0 Å². The molecule has 2 heteroatoms. The molecule has 0 heterocycles. The maximum Gasteiger partial charge on any atom is 0.344 e. The van der Waals surface area contributed by atoms with Gasteiger partial charge in [0, 0.05) is 5.39 Å². The van der Waals surface area contributed by atoms with Crippen molar-refractivity contribution >= 4 is 16.7 Å². The van der Waals surface area contributed by atoms with E-state index in [1.807, 2.05) is 58.0 Å². The van der Waals surface area contributed by atoms with E-state index in [1.165, 1.54) is 5.56 Å². The molecule has 122 valence electrons. The van der Waals surface area contributed by atoms with Crippen LogP contribution in [0.4, 0.5) is 0 Å². The Kier molecular flexibility index (Phi) is 4.15. The smallest absolute Gasteiger partial charge is 0.344 e. The molecule has 0 aromatic heterocycles. The molecule has 3 rings (SSSR count). The molecule has 0 spiro atoms. The van der Waals surface area contributed by atoms with Crippen molar-refractivity contribution < 1.29 is 9.53 Å². The first-order chi connectivity index (χ1) is 11.4. The van der Waals surface area contributed by atoms with E-state index in [0.29, 0.717) is 11.3 Å². The fraction of sp³-hybridized carbons (Fsp3) is 0.227. The summed E-state index contributed by atoms with van der Waals surface area (Å²) in [4.78, 5) is 12.8. The van der Waals surface area contributed by atoms with Crippen molar-refractivity contribution in [3.05, 3.63) is 75.8 Å². The first kappa shape index (κ1) is 16.3. The molecular formula is C22H22O2. The third-order valence-corrected chi connectivity index (χ3v) is 4.46. The quantitative estimate of drug-likeness (QED) is 0.454. The summed E-state index contributed by atoms with van der Waals surface area (Å²) in [7, 11) is 0. The molecule has 0 saturated heterocycles. The van der Waals surface area contributed by atoms with E-state index in [1.54, 1.807) is 0 Å². The zero-order chi connectivity index (χ0) is 17.4. The molecule has 0 saturated carbocycles. The molecule has 0 unspecified atom stereocenters. The summed E-state index contributed by atoms with van der Waals surface area (Å²) >= 11 is 0. The predicted octanol–water partition coefficient (Wildman–Crippen LogP) is 5.60. The summed E-state index contributed by atoms with van der Waals surface area (Å²) in [6, 6.07) is 14.1. The maximum atomic E-state index is 12.8. The van der Waals surface area contributed by atoms with Gasteiger partial charge in [-0.2, -0.15) is 0 Å².